The van der Waals surface area contributed by atoms with Crippen LogP contribution in [0.1, 0.15) is 34.6 Å². The molecule has 0 radical (unpaired) electrons. The molecule has 0 aliphatic carbocycles. The topological polar surface area (TPSA) is 215 Å². The third-order valence-electron chi connectivity index (χ3n) is 5.14. The number of hydrogen-bond donors (Lipinski definition) is 8. The van der Waals surface area contributed by atoms with Crippen molar-refractivity contribution in [2.45, 2.75) is 38.1 Å². The van der Waals surface area contributed by atoms with Crippen LogP contribution in [0.5, 0.6) is 0 Å². The molecule has 13 heteroatoms. The minimum Gasteiger partial charge on any atom is -0.391 e. The van der Waals surface area contributed by atoms with Gasteiger partial charge in [-0.1, -0.05) is 24.3 Å². The first-order valence-corrected chi connectivity index (χ1v) is 10.4. The van der Waals surface area contributed by atoms with Gasteiger partial charge in [-0.05, 0) is 49.2 Å². The highest BCUT2D eigenvalue weighted by Gasteiger charge is 2.32. The van der Waals surface area contributed by atoms with E-state index in [-0.39, 0.29) is 11.1 Å². The van der Waals surface area contributed by atoms with Crippen LogP contribution in [0.2, 0.25) is 0 Å². The van der Waals surface area contributed by atoms with Crippen molar-refractivity contribution in [1.82, 2.24) is 21.3 Å². The van der Waals surface area contributed by atoms with Crippen molar-refractivity contribution >= 4 is 23.6 Å². The molecular formula is C22H27N5O8. The molecule has 188 valence electrons. The molecule has 0 saturated carbocycles. The molecule has 0 saturated heterocycles. The van der Waals surface area contributed by atoms with E-state index in [0.717, 1.165) is 0 Å². The number of nitrogens with zero attached hydrogens (tertiary/aromatic N) is 1. The van der Waals surface area contributed by atoms with Crippen molar-refractivity contribution in [3.8, 4) is 11.1 Å². The second-order valence-corrected chi connectivity index (χ2v) is 7.70. The highest BCUT2D eigenvalue weighted by atomic mass is 16.5. The van der Waals surface area contributed by atoms with Crippen LogP contribution in [0.3, 0.4) is 0 Å². The van der Waals surface area contributed by atoms with Crippen LogP contribution in [0.4, 0.5) is 0 Å². The van der Waals surface area contributed by atoms with Crippen molar-refractivity contribution in [2.75, 3.05) is 0 Å². The lowest BCUT2D eigenvalue weighted by Crippen LogP contribution is -2.57. The number of amides is 4. The van der Waals surface area contributed by atoms with Gasteiger partial charge in [0.25, 0.3) is 23.6 Å². The highest BCUT2D eigenvalue weighted by Crippen LogP contribution is 2.21. The number of carbonyl (C=O) groups is 4. The lowest BCUT2D eigenvalue weighted by Gasteiger charge is -2.27. The van der Waals surface area contributed by atoms with Gasteiger partial charge < -0.3 is 15.5 Å². The first kappa shape index (κ1) is 27.4. The molecule has 35 heavy (non-hydrogen) atoms. The maximum absolute atomic E-state index is 12.6. The normalized spacial score (nSPS) is 14.1. The monoisotopic (exact) mass is 489 g/mol. The van der Waals surface area contributed by atoms with E-state index in [4.69, 9.17) is 16.3 Å². The number of hydrogen-bond acceptors (Lipinski definition) is 9. The van der Waals surface area contributed by atoms with Crippen LogP contribution >= 0.6 is 0 Å². The maximum Gasteiger partial charge on any atom is 0.270 e. The van der Waals surface area contributed by atoms with E-state index in [0.29, 0.717) is 16.1 Å². The SMILES string of the molecule is C[C@@H](O)[C@@H](C(=O)NO)N(N)C(=O)c1ccc(-c2ccc(C(=O)N[C@@H](C(=O)NO)[C@@H](C)O)cc2)cc1. The molecule has 4 amide bonds. The van der Waals surface area contributed by atoms with Gasteiger partial charge in [0, 0.05) is 11.1 Å². The third-order valence-corrected chi connectivity index (χ3v) is 5.14. The molecule has 0 aromatic heterocycles. The summed E-state index contributed by atoms with van der Waals surface area (Å²) >= 11 is 0. The Morgan fingerprint density at radius 1 is 0.771 bits per heavy atom. The van der Waals surface area contributed by atoms with Crippen LogP contribution in [-0.4, -0.2) is 73.6 Å². The van der Waals surface area contributed by atoms with Crippen molar-refractivity contribution in [2.24, 2.45) is 5.84 Å². The summed E-state index contributed by atoms with van der Waals surface area (Å²) in [6.45, 7) is 2.53. The van der Waals surface area contributed by atoms with Gasteiger partial charge >= 0.3 is 0 Å². The van der Waals surface area contributed by atoms with Crippen LogP contribution < -0.4 is 22.1 Å². The summed E-state index contributed by atoms with van der Waals surface area (Å²) in [5, 5.41) is 39.8. The summed E-state index contributed by atoms with van der Waals surface area (Å²) in [5.41, 5.74) is 4.42. The Morgan fingerprint density at radius 2 is 1.23 bits per heavy atom. The number of nitrogens with two attached hydrogens (primary N) is 1. The molecule has 0 fully saturated rings. The van der Waals surface area contributed by atoms with Gasteiger partial charge in [0.15, 0.2) is 6.04 Å². The van der Waals surface area contributed by atoms with E-state index in [1.807, 2.05) is 0 Å². The van der Waals surface area contributed by atoms with Gasteiger partial charge in [0.05, 0.1) is 12.2 Å². The summed E-state index contributed by atoms with van der Waals surface area (Å²) < 4.78 is 0. The molecule has 2 aromatic carbocycles. The van der Waals surface area contributed by atoms with Crippen LogP contribution in [-0.2, 0) is 9.59 Å². The number of carbonyl (C=O) groups excluding carboxylic acids is 4. The number of benzene rings is 2. The van der Waals surface area contributed by atoms with Gasteiger partial charge in [-0.25, -0.2) is 16.8 Å². The molecule has 0 unspecified atom stereocenters. The van der Waals surface area contributed by atoms with Gasteiger partial charge in [-0.15, -0.1) is 0 Å². The van der Waals surface area contributed by atoms with Gasteiger partial charge in [0.1, 0.15) is 6.04 Å². The molecule has 0 aliphatic rings. The molecular weight excluding hydrogens is 462 g/mol. The van der Waals surface area contributed by atoms with Crippen molar-refractivity contribution in [3.05, 3.63) is 59.7 Å². The number of rotatable bonds is 9. The van der Waals surface area contributed by atoms with E-state index in [9.17, 15) is 29.4 Å². The Balaban J connectivity index is 2.15. The number of hydroxylamine groups is 2. The highest BCUT2D eigenvalue weighted by molar-refractivity contribution is 5.99. The van der Waals surface area contributed by atoms with Crippen molar-refractivity contribution in [1.29, 1.82) is 0 Å². The van der Waals surface area contributed by atoms with Crippen molar-refractivity contribution < 1.29 is 39.8 Å². The number of hydrazine groups is 1. The fourth-order valence-corrected chi connectivity index (χ4v) is 3.24. The summed E-state index contributed by atoms with van der Waals surface area (Å²) in [6, 6.07) is 9.48. The largest absolute Gasteiger partial charge is 0.391 e. The first-order chi connectivity index (χ1) is 16.5. The van der Waals surface area contributed by atoms with Gasteiger partial charge in [-0.2, -0.15) is 0 Å². The predicted octanol–water partition coefficient (Wildman–Crippen LogP) is -1.09. The van der Waals surface area contributed by atoms with Crippen LogP contribution in [0.25, 0.3) is 11.1 Å². The molecule has 13 nitrogen and oxygen atoms in total. The maximum atomic E-state index is 12.6. The lowest BCUT2D eigenvalue weighted by molar-refractivity contribution is -0.137. The zero-order valence-electron chi connectivity index (χ0n) is 18.9. The summed E-state index contributed by atoms with van der Waals surface area (Å²) in [5.74, 6) is 2.28. The quantitative estimate of drug-likeness (QED) is 0.0928. The fourth-order valence-electron chi connectivity index (χ4n) is 3.24. The number of aliphatic hydroxyl groups excluding tert-OH is 2. The Labute approximate surface area is 200 Å². The second kappa shape index (κ2) is 12.0. The van der Waals surface area contributed by atoms with Crippen LogP contribution in [0, 0.1) is 0 Å². The number of nitrogens with one attached hydrogen (secondary N) is 3. The molecule has 0 heterocycles. The average Bonchev–Trinajstić information content (AvgIpc) is 2.85. The van der Waals surface area contributed by atoms with E-state index in [2.05, 4.69) is 5.32 Å². The Kier molecular flexibility index (Phi) is 9.39. The van der Waals surface area contributed by atoms with E-state index in [1.165, 1.54) is 49.1 Å². The van der Waals surface area contributed by atoms with Crippen molar-refractivity contribution in [3.63, 3.8) is 0 Å². The van der Waals surface area contributed by atoms with Gasteiger partial charge in [0.2, 0.25) is 0 Å². The fraction of sp³-hybridized carbons (Fsp3) is 0.273. The molecule has 9 N–H and O–H groups in total. The Bertz CT molecular complexity index is 1060. The zero-order valence-corrected chi connectivity index (χ0v) is 18.9. The molecule has 2 aromatic rings. The molecule has 2 rings (SSSR count). The summed E-state index contributed by atoms with van der Waals surface area (Å²) in [4.78, 5) is 48.3. The Hall–Kier alpha value is -3.88. The average molecular weight is 489 g/mol. The summed E-state index contributed by atoms with van der Waals surface area (Å²) in [7, 11) is 0. The third kappa shape index (κ3) is 6.59. The van der Waals surface area contributed by atoms with E-state index < -0.39 is 47.9 Å². The molecule has 0 aliphatic heterocycles. The first-order valence-electron chi connectivity index (χ1n) is 10.4. The molecule has 0 bridgehead atoms. The van der Waals surface area contributed by atoms with Gasteiger partial charge in [-0.3, -0.25) is 34.6 Å². The molecule has 0 spiro atoms. The smallest absolute Gasteiger partial charge is 0.270 e. The molecule has 4 atom stereocenters. The lowest BCUT2D eigenvalue weighted by atomic mass is 10.0. The predicted molar refractivity (Wildman–Crippen MR) is 120 cm³/mol. The van der Waals surface area contributed by atoms with Crippen LogP contribution in [0.15, 0.2) is 48.5 Å². The second-order valence-electron chi connectivity index (χ2n) is 7.70. The number of aliphatic hydroxyl groups is 2. The summed E-state index contributed by atoms with van der Waals surface area (Å²) in [6.07, 6.45) is -2.59. The standard InChI is InChI=1S/C22H27N5O8/c1-11(28)17(20(31)25-34)24-19(30)15-7-3-13(4-8-15)14-5-9-16(10-6-14)22(33)27(23)18(12(2)29)21(32)26-35/h3-12,17-18,28-29,34-35H,23H2,1-2H3,(H,24,30)(H,25,31)(H,26,32)/t11-,12-,17-,18+/m1/s1. The Morgan fingerprint density at radius 3 is 1.63 bits per heavy atom. The van der Waals surface area contributed by atoms with E-state index >= 15 is 0 Å². The zero-order chi connectivity index (χ0) is 26.3. The van der Waals surface area contributed by atoms with E-state index in [1.54, 1.807) is 24.3 Å². The minimum atomic E-state index is -1.51. The minimum absolute atomic E-state index is 0.120.